The van der Waals surface area contributed by atoms with Crippen molar-refractivity contribution < 1.29 is 0 Å². The van der Waals surface area contributed by atoms with Gasteiger partial charge in [0.25, 0.3) is 0 Å². The molecule has 5 heteroatoms. The summed E-state index contributed by atoms with van der Waals surface area (Å²) in [6, 6.07) is 16.4. The van der Waals surface area contributed by atoms with Gasteiger partial charge in [-0.25, -0.2) is 0 Å². The Balaban J connectivity index is 1.84. The first-order valence-corrected chi connectivity index (χ1v) is 9.12. The quantitative estimate of drug-likeness (QED) is 0.459. The molecule has 0 fully saturated rings. The van der Waals surface area contributed by atoms with Crippen molar-refractivity contribution in [3.8, 4) is 0 Å². The van der Waals surface area contributed by atoms with Crippen molar-refractivity contribution in [1.82, 2.24) is 14.6 Å². The summed E-state index contributed by atoms with van der Waals surface area (Å²) in [6.07, 6.45) is 0. The number of aryl methyl sites for hydroxylation is 2. The van der Waals surface area contributed by atoms with E-state index in [1.54, 1.807) is 11.8 Å². The smallest absolute Gasteiger partial charge is 0.196 e. The van der Waals surface area contributed by atoms with Crippen molar-refractivity contribution in [1.29, 1.82) is 0 Å². The van der Waals surface area contributed by atoms with Crippen molar-refractivity contribution in [3.05, 3.63) is 70.2 Å². The molecule has 0 bridgehead atoms. The molecule has 0 saturated carbocycles. The molecular formula is C19H16ClN3S. The Labute approximate surface area is 149 Å². The van der Waals surface area contributed by atoms with Gasteiger partial charge in [0.2, 0.25) is 0 Å². The molecule has 0 atom stereocenters. The second-order valence-corrected chi connectivity index (χ2v) is 7.20. The van der Waals surface area contributed by atoms with Crippen LogP contribution in [0.1, 0.15) is 16.7 Å². The van der Waals surface area contributed by atoms with Crippen LogP contribution in [-0.2, 0) is 5.75 Å². The minimum absolute atomic E-state index is 0.766. The molecule has 0 aliphatic rings. The molecule has 3 nitrogen and oxygen atoms in total. The lowest BCUT2D eigenvalue weighted by Gasteiger charge is -2.10. The third kappa shape index (κ3) is 2.56. The second kappa shape index (κ2) is 6.11. The van der Waals surface area contributed by atoms with Crippen molar-refractivity contribution in [2.45, 2.75) is 24.8 Å². The van der Waals surface area contributed by atoms with Crippen LogP contribution < -0.4 is 0 Å². The normalized spacial score (nSPS) is 11.5. The lowest BCUT2D eigenvalue weighted by atomic mass is 10.1. The number of rotatable bonds is 3. The van der Waals surface area contributed by atoms with Gasteiger partial charge in [-0.05, 0) is 42.7 Å². The zero-order chi connectivity index (χ0) is 16.7. The number of hydrogen-bond acceptors (Lipinski definition) is 3. The average molecular weight is 354 g/mol. The lowest BCUT2D eigenvalue weighted by molar-refractivity contribution is 0.938. The summed E-state index contributed by atoms with van der Waals surface area (Å²) in [7, 11) is 0. The van der Waals surface area contributed by atoms with Crippen LogP contribution in [0.5, 0.6) is 0 Å². The summed E-state index contributed by atoms with van der Waals surface area (Å²) in [5.74, 6) is 0.766. The zero-order valence-corrected chi connectivity index (χ0v) is 15.0. The van der Waals surface area contributed by atoms with Gasteiger partial charge in [0.15, 0.2) is 10.8 Å². The number of aromatic nitrogens is 3. The number of benzene rings is 2. The molecule has 2 aromatic heterocycles. The fraction of sp³-hybridized carbons (Fsp3) is 0.158. The highest BCUT2D eigenvalue weighted by atomic mass is 35.5. The van der Waals surface area contributed by atoms with Crippen LogP contribution >= 0.6 is 23.4 Å². The summed E-state index contributed by atoms with van der Waals surface area (Å²) in [5, 5.41) is 11.7. The van der Waals surface area contributed by atoms with Crippen LogP contribution in [0.3, 0.4) is 0 Å². The van der Waals surface area contributed by atoms with Crippen molar-refractivity contribution >= 4 is 39.9 Å². The average Bonchev–Trinajstić information content (AvgIpc) is 2.97. The van der Waals surface area contributed by atoms with E-state index in [4.69, 9.17) is 11.6 Å². The third-order valence-electron chi connectivity index (χ3n) is 4.20. The van der Waals surface area contributed by atoms with Gasteiger partial charge >= 0.3 is 0 Å². The van der Waals surface area contributed by atoms with E-state index in [1.807, 2.05) is 24.3 Å². The first kappa shape index (κ1) is 15.5. The molecule has 0 aliphatic heterocycles. The number of thioether (sulfide) groups is 1. The summed E-state index contributed by atoms with van der Waals surface area (Å²) < 4.78 is 2.15. The highest BCUT2D eigenvalue weighted by Crippen LogP contribution is 2.30. The Bertz CT molecular complexity index is 1060. The topological polar surface area (TPSA) is 30.2 Å². The standard InChI is InChI=1S/C19H16ClN3S/c1-12-6-5-8-15-13(2)10-17-21-22-19(23(17)18(12)15)24-11-14-7-3-4-9-16(14)20/h3-10H,11H2,1-2H3. The van der Waals surface area contributed by atoms with Crippen molar-refractivity contribution in [2.24, 2.45) is 0 Å². The largest absolute Gasteiger partial charge is 0.270 e. The van der Waals surface area contributed by atoms with Gasteiger partial charge in [-0.3, -0.25) is 4.40 Å². The summed E-state index contributed by atoms with van der Waals surface area (Å²) >= 11 is 7.93. The van der Waals surface area contributed by atoms with Crippen molar-refractivity contribution in [2.75, 3.05) is 0 Å². The number of nitrogens with zero attached hydrogens (tertiary/aromatic N) is 3. The fourth-order valence-electron chi connectivity index (χ4n) is 2.98. The molecule has 0 radical (unpaired) electrons. The van der Waals surface area contributed by atoms with E-state index in [-0.39, 0.29) is 0 Å². The van der Waals surface area contributed by atoms with Gasteiger partial charge in [0.1, 0.15) is 0 Å². The maximum atomic E-state index is 6.27. The molecular weight excluding hydrogens is 338 g/mol. The molecule has 120 valence electrons. The molecule has 2 heterocycles. The maximum absolute atomic E-state index is 6.27. The number of para-hydroxylation sites is 1. The first-order valence-electron chi connectivity index (χ1n) is 7.75. The van der Waals surface area contributed by atoms with Gasteiger partial charge in [0.05, 0.1) is 5.52 Å². The number of pyridine rings is 1. The Kier molecular flexibility index (Phi) is 3.94. The van der Waals surface area contributed by atoms with Crippen molar-refractivity contribution in [3.63, 3.8) is 0 Å². The monoisotopic (exact) mass is 353 g/mol. The van der Waals surface area contributed by atoms with Crippen LogP contribution in [0.15, 0.2) is 53.7 Å². The van der Waals surface area contributed by atoms with Gasteiger partial charge in [0, 0.05) is 16.2 Å². The van der Waals surface area contributed by atoms with E-state index in [0.29, 0.717) is 0 Å². The molecule has 0 N–H and O–H groups in total. The molecule has 24 heavy (non-hydrogen) atoms. The van der Waals surface area contributed by atoms with Crippen LogP contribution in [-0.4, -0.2) is 14.6 Å². The SMILES string of the molecule is Cc1cc2nnc(SCc3ccccc3Cl)n2c2c(C)cccc12. The predicted molar refractivity (Wildman–Crippen MR) is 101 cm³/mol. The maximum Gasteiger partial charge on any atom is 0.196 e. The molecule has 4 rings (SSSR count). The minimum atomic E-state index is 0.766. The first-order chi connectivity index (χ1) is 11.6. The molecule has 0 aliphatic carbocycles. The minimum Gasteiger partial charge on any atom is -0.270 e. The summed E-state index contributed by atoms with van der Waals surface area (Å²) in [5.41, 5.74) is 5.61. The highest BCUT2D eigenvalue weighted by Gasteiger charge is 2.13. The van der Waals surface area contributed by atoms with Crippen LogP contribution in [0, 0.1) is 13.8 Å². The number of hydrogen-bond donors (Lipinski definition) is 0. The van der Waals surface area contributed by atoms with Crippen LogP contribution in [0.25, 0.3) is 16.6 Å². The van der Waals surface area contributed by atoms with Gasteiger partial charge < -0.3 is 0 Å². The molecule has 0 unspecified atom stereocenters. The van der Waals surface area contributed by atoms with Crippen LogP contribution in [0.2, 0.25) is 5.02 Å². The van der Waals surface area contributed by atoms with E-state index < -0.39 is 0 Å². The fourth-order valence-corrected chi connectivity index (χ4v) is 4.21. The van der Waals surface area contributed by atoms with Crippen LogP contribution in [0.4, 0.5) is 0 Å². The highest BCUT2D eigenvalue weighted by molar-refractivity contribution is 7.98. The van der Waals surface area contributed by atoms with Gasteiger partial charge in [-0.1, -0.05) is 59.8 Å². The summed E-state index contributed by atoms with van der Waals surface area (Å²) in [4.78, 5) is 0. The number of fused-ring (bicyclic) bond motifs is 3. The lowest BCUT2D eigenvalue weighted by Crippen LogP contribution is -1.96. The van der Waals surface area contributed by atoms with E-state index in [9.17, 15) is 0 Å². The Hall–Kier alpha value is -2.04. The van der Waals surface area contributed by atoms with E-state index in [2.05, 4.69) is 52.7 Å². The van der Waals surface area contributed by atoms with E-state index >= 15 is 0 Å². The van der Waals surface area contributed by atoms with E-state index in [0.717, 1.165) is 27.1 Å². The molecule has 4 aromatic rings. The predicted octanol–water partition coefficient (Wildman–Crippen LogP) is 5.45. The Morgan fingerprint density at radius 3 is 2.67 bits per heavy atom. The molecule has 2 aromatic carbocycles. The molecule has 0 saturated heterocycles. The van der Waals surface area contributed by atoms with E-state index in [1.165, 1.54) is 22.0 Å². The molecule has 0 amide bonds. The second-order valence-electron chi connectivity index (χ2n) is 5.85. The Morgan fingerprint density at radius 2 is 1.83 bits per heavy atom. The van der Waals surface area contributed by atoms with Gasteiger partial charge in [-0.15, -0.1) is 10.2 Å². The zero-order valence-electron chi connectivity index (χ0n) is 13.5. The summed E-state index contributed by atoms with van der Waals surface area (Å²) in [6.45, 7) is 4.25. The Morgan fingerprint density at radius 1 is 1.00 bits per heavy atom. The molecule has 0 spiro atoms. The number of halogens is 1. The van der Waals surface area contributed by atoms with Gasteiger partial charge in [-0.2, -0.15) is 0 Å². The third-order valence-corrected chi connectivity index (χ3v) is 5.55.